The van der Waals surface area contributed by atoms with E-state index in [1.807, 2.05) is 31.2 Å². The summed E-state index contributed by atoms with van der Waals surface area (Å²) in [5.74, 6) is 1.50. The van der Waals surface area contributed by atoms with E-state index in [1.54, 1.807) is 36.1 Å². The fourth-order valence-electron chi connectivity index (χ4n) is 3.74. The highest BCUT2D eigenvalue weighted by molar-refractivity contribution is 6.30. The Labute approximate surface area is 190 Å². The Morgan fingerprint density at radius 2 is 2.00 bits per heavy atom. The van der Waals surface area contributed by atoms with E-state index in [1.165, 1.54) is 0 Å². The number of rotatable bonds is 7. The zero-order chi connectivity index (χ0) is 22.7. The first-order chi connectivity index (χ1) is 15.5. The molecule has 0 saturated carbocycles. The van der Waals surface area contributed by atoms with Crippen LogP contribution in [-0.2, 0) is 11.2 Å². The van der Waals surface area contributed by atoms with Crippen molar-refractivity contribution in [1.29, 1.82) is 0 Å². The van der Waals surface area contributed by atoms with E-state index in [9.17, 15) is 9.90 Å². The van der Waals surface area contributed by atoms with Gasteiger partial charge in [-0.05, 0) is 43.7 Å². The number of hydrogen-bond acceptors (Lipinski definition) is 6. The molecule has 32 heavy (non-hydrogen) atoms. The second-order valence-electron chi connectivity index (χ2n) is 7.39. The number of nitrogens with one attached hydrogen (secondary N) is 2. The third kappa shape index (κ3) is 4.32. The summed E-state index contributed by atoms with van der Waals surface area (Å²) in [6.45, 7) is 1.89. The minimum Gasteiger partial charge on any atom is -0.496 e. The number of amides is 1. The van der Waals surface area contributed by atoms with Gasteiger partial charge in [-0.2, -0.15) is 10.1 Å². The molecule has 0 spiro atoms. The van der Waals surface area contributed by atoms with Crippen LogP contribution in [0.3, 0.4) is 0 Å². The molecule has 0 aliphatic carbocycles. The van der Waals surface area contributed by atoms with Crippen LogP contribution in [-0.4, -0.2) is 39.5 Å². The van der Waals surface area contributed by atoms with Gasteiger partial charge < -0.3 is 20.5 Å². The van der Waals surface area contributed by atoms with Crippen molar-refractivity contribution in [1.82, 2.24) is 14.8 Å². The Morgan fingerprint density at radius 3 is 2.72 bits per heavy atom. The van der Waals surface area contributed by atoms with Crippen molar-refractivity contribution in [3.8, 4) is 5.75 Å². The van der Waals surface area contributed by atoms with Crippen molar-refractivity contribution in [3.63, 3.8) is 0 Å². The van der Waals surface area contributed by atoms with Crippen LogP contribution in [0.1, 0.15) is 30.8 Å². The predicted molar refractivity (Wildman–Crippen MR) is 123 cm³/mol. The van der Waals surface area contributed by atoms with Crippen molar-refractivity contribution in [2.45, 2.75) is 25.8 Å². The van der Waals surface area contributed by atoms with Gasteiger partial charge in [0.05, 0.1) is 12.7 Å². The summed E-state index contributed by atoms with van der Waals surface area (Å²) in [5, 5.41) is 20.6. The Bertz CT molecular complexity index is 1160. The number of allylic oxidation sites excluding steroid dienone is 1. The number of aromatic nitrogens is 3. The molecule has 2 heterocycles. The number of carbonyl (C=O) groups is 1. The van der Waals surface area contributed by atoms with E-state index in [4.69, 9.17) is 16.3 Å². The van der Waals surface area contributed by atoms with Gasteiger partial charge in [0.25, 0.3) is 5.91 Å². The van der Waals surface area contributed by atoms with Crippen molar-refractivity contribution in [3.05, 3.63) is 76.2 Å². The molecule has 1 unspecified atom stereocenters. The number of carbonyl (C=O) groups excluding carboxylic acids is 1. The van der Waals surface area contributed by atoms with Crippen LogP contribution < -0.4 is 15.4 Å². The first-order valence-electron chi connectivity index (χ1n) is 10.3. The minimum absolute atomic E-state index is 0.0548. The maximum atomic E-state index is 13.5. The number of fused-ring (bicyclic) bond motifs is 1. The normalized spacial score (nSPS) is 15.2. The van der Waals surface area contributed by atoms with Crippen LogP contribution in [0.25, 0.3) is 0 Å². The lowest BCUT2D eigenvalue weighted by molar-refractivity contribution is -0.113. The number of anilines is 2. The van der Waals surface area contributed by atoms with Crippen molar-refractivity contribution in [2.75, 3.05) is 24.4 Å². The minimum atomic E-state index is -0.551. The Morgan fingerprint density at radius 1 is 1.25 bits per heavy atom. The van der Waals surface area contributed by atoms with E-state index in [0.717, 1.165) is 5.56 Å². The van der Waals surface area contributed by atoms with Gasteiger partial charge in [0.2, 0.25) is 5.95 Å². The Kier molecular flexibility index (Phi) is 6.43. The molecule has 8 nitrogen and oxygen atoms in total. The number of methoxy groups -OCH3 is 1. The lowest BCUT2D eigenvalue weighted by Crippen LogP contribution is -2.31. The number of aliphatic hydroxyl groups excluding tert-OH is 1. The standard InChI is InChI=1S/C23H24ClN5O3/c1-14-20(22(31)26-16-11-9-15(24)10-12-16)21(17-6-3-4-7-18(17)32-2)29-23(25-14)27-19(28-29)8-5-13-30/h3-4,6-7,9-12,21,30H,5,8,13H2,1-2H3,(H,26,31)(H,25,27,28). The zero-order valence-corrected chi connectivity index (χ0v) is 18.6. The molecule has 3 aromatic rings. The average Bonchev–Trinajstić information content (AvgIpc) is 3.20. The van der Waals surface area contributed by atoms with Crippen LogP contribution in [0.2, 0.25) is 5.02 Å². The fourth-order valence-corrected chi connectivity index (χ4v) is 3.87. The molecule has 166 valence electrons. The fraction of sp³-hybridized carbons (Fsp3) is 0.261. The second kappa shape index (κ2) is 9.42. The summed E-state index contributed by atoms with van der Waals surface area (Å²) in [7, 11) is 1.60. The van der Waals surface area contributed by atoms with Crippen LogP contribution in [0.4, 0.5) is 11.6 Å². The zero-order valence-electron chi connectivity index (χ0n) is 17.8. The number of aryl methyl sites for hydroxylation is 1. The smallest absolute Gasteiger partial charge is 0.255 e. The number of halogens is 1. The SMILES string of the molecule is COc1ccccc1C1C(C(=O)Nc2ccc(Cl)cc2)=C(C)Nc2nc(CCCO)nn21. The first kappa shape index (κ1) is 21.9. The van der Waals surface area contributed by atoms with Crippen LogP contribution >= 0.6 is 11.6 Å². The maximum absolute atomic E-state index is 13.5. The van der Waals surface area contributed by atoms with Gasteiger partial charge in [-0.3, -0.25) is 4.79 Å². The third-order valence-electron chi connectivity index (χ3n) is 5.24. The molecule has 0 bridgehead atoms. The average molecular weight is 454 g/mol. The summed E-state index contributed by atoms with van der Waals surface area (Å²) in [5.41, 5.74) is 2.58. The molecule has 1 atom stereocenters. The molecule has 0 saturated heterocycles. The van der Waals surface area contributed by atoms with Crippen molar-refractivity contribution in [2.24, 2.45) is 0 Å². The Hall–Kier alpha value is -3.36. The van der Waals surface area contributed by atoms with Gasteiger partial charge in [-0.25, -0.2) is 4.68 Å². The van der Waals surface area contributed by atoms with Crippen LogP contribution in [0.5, 0.6) is 5.75 Å². The maximum Gasteiger partial charge on any atom is 0.255 e. The highest BCUT2D eigenvalue weighted by Gasteiger charge is 2.35. The van der Waals surface area contributed by atoms with E-state index in [-0.39, 0.29) is 12.5 Å². The van der Waals surface area contributed by atoms with E-state index in [0.29, 0.717) is 52.3 Å². The van der Waals surface area contributed by atoms with Gasteiger partial charge in [0, 0.05) is 35.0 Å². The number of ether oxygens (including phenoxy) is 1. The predicted octanol–water partition coefficient (Wildman–Crippen LogP) is 3.79. The lowest BCUT2D eigenvalue weighted by Gasteiger charge is -2.29. The van der Waals surface area contributed by atoms with Crippen molar-refractivity contribution >= 4 is 29.1 Å². The molecule has 3 N–H and O–H groups in total. The molecule has 1 aliphatic rings. The molecule has 0 radical (unpaired) electrons. The molecule has 2 aromatic carbocycles. The van der Waals surface area contributed by atoms with E-state index >= 15 is 0 Å². The van der Waals surface area contributed by atoms with E-state index < -0.39 is 6.04 Å². The molecule has 0 fully saturated rings. The number of aliphatic hydroxyl groups is 1. The number of para-hydroxylation sites is 1. The van der Waals surface area contributed by atoms with Gasteiger partial charge in [-0.1, -0.05) is 29.8 Å². The van der Waals surface area contributed by atoms with Gasteiger partial charge in [0.15, 0.2) is 5.82 Å². The summed E-state index contributed by atoms with van der Waals surface area (Å²) >= 11 is 5.97. The summed E-state index contributed by atoms with van der Waals surface area (Å²) in [6.07, 6.45) is 1.08. The third-order valence-corrected chi connectivity index (χ3v) is 5.49. The number of benzene rings is 2. The monoisotopic (exact) mass is 453 g/mol. The summed E-state index contributed by atoms with van der Waals surface area (Å²) in [6, 6.07) is 13.9. The highest BCUT2D eigenvalue weighted by atomic mass is 35.5. The first-order valence-corrected chi connectivity index (χ1v) is 10.6. The largest absolute Gasteiger partial charge is 0.496 e. The van der Waals surface area contributed by atoms with Gasteiger partial charge >= 0.3 is 0 Å². The Balaban J connectivity index is 1.78. The van der Waals surface area contributed by atoms with Gasteiger partial charge in [0.1, 0.15) is 11.8 Å². The second-order valence-corrected chi connectivity index (χ2v) is 7.83. The molecular formula is C23H24ClN5O3. The van der Waals surface area contributed by atoms with Gasteiger partial charge in [-0.15, -0.1) is 0 Å². The molecule has 9 heteroatoms. The molecular weight excluding hydrogens is 430 g/mol. The number of hydrogen-bond donors (Lipinski definition) is 3. The van der Waals surface area contributed by atoms with E-state index in [2.05, 4.69) is 20.7 Å². The summed E-state index contributed by atoms with van der Waals surface area (Å²) in [4.78, 5) is 18.0. The lowest BCUT2D eigenvalue weighted by atomic mass is 9.94. The number of nitrogens with zero attached hydrogens (tertiary/aromatic N) is 3. The molecule has 1 aliphatic heterocycles. The van der Waals surface area contributed by atoms with Crippen LogP contribution in [0.15, 0.2) is 59.8 Å². The highest BCUT2D eigenvalue weighted by Crippen LogP contribution is 2.39. The summed E-state index contributed by atoms with van der Waals surface area (Å²) < 4.78 is 7.30. The molecule has 4 rings (SSSR count). The topological polar surface area (TPSA) is 101 Å². The molecule has 1 amide bonds. The quantitative estimate of drug-likeness (QED) is 0.503. The van der Waals surface area contributed by atoms with Crippen molar-refractivity contribution < 1.29 is 14.6 Å². The van der Waals surface area contributed by atoms with Crippen LogP contribution in [0, 0.1) is 0 Å². The molecule has 1 aromatic heterocycles.